The van der Waals surface area contributed by atoms with Gasteiger partial charge in [-0.15, -0.1) is 0 Å². The van der Waals surface area contributed by atoms with E-state index in [1.165, 1.54) is 0 Å². The molecule has 0 saturated heterocycles. The van der Waals surface area contributed by atoms with Crippen molar-refractivity contribution >= 4 is 12.9 Å². The molecule has 8 heteroatoms. The molecule has 0 aliphatic rings. The Kier molecular flexibility index (Phi) is 7.51. The molecule has 1 rings (SSSR count). The standard InChI is InChI=1S/C10H15N3.BF4/c1-3-13(4-2)12-11-10-8-6-5-7-9-10;2-1(3,4)5/h5-9H,3-4H2,1-2H3;/q+2;-1. The van der Waals surface area contributed by atoms with Crippen LogP contribution in [0.25, 0.3) is 10.1 Å². The fourth-order valence-corrected chi connectivity index (χ4v) is 0.960. The summed E-state index contributed by atoms with van der Waals surface area (Å²) in [4.78, 5) is 4.10. The van der Waals surface area contributed by atoms with Crippen LogP contribution < -0.4 is 0 Å². The van der Waals surface area contributed by atoms with Crippen LogP contribution >= 0.6 is 0 Å². The van der Waals surface area contributed by atoms with E-state index in [1.54, 1.807) is 0 Å². The summed E-state index contributed by atoms with van der Waals surface area (Å²) in [6.07, 6.45) is 0. The molecular formula is C10H15BF4N3+. The predicted octanol–water partition coefficient (Wildman–Crippen LogP) is 4.54. The summed E-state index contributed by atoms with van der Waals surface area (Å²) in [5, 5.41) is 6.00. The normalized spacial score (nSPS) is 9.67. The molecule has 0 spiro atoms. The largest absolute Gasteiger partial charge is 0.673 e. The Hall–Kier alpha value is -1.78. The minimum atomic E-state index is -6.00. The van der Waals surface area contributed by atoms with Gasteiger partial charge in [-0.05, 0) is 13.8 Å². The molecule has 0 bridgehead atoms. The Bertz CT molecular complexity index is 376. The SMILES string of the molecule is CCN(CC)[N+]#[N+]c1ccccc1.F[B-](F)(F)F. The molecular weight excluding hydrogens is 249 g/mol. The number of rotatable bonds is 2. The molecule has 0 aromatic heterocycles. The maximum atomic E-state index is 9.75. The van der Waals surface area contributed by atoms with E-state index in [0.717, 1.165) is 18.8 Å². The lowest BCUT2D eigenvalue weighted by atomic mass is 10.3. The summed E-state index contributed by atoms with van der Waals surface area (Å²) < 4.78 is 39.0. The van der Waals surface area contributed by atoms with Crippen molar-refractivity contribution in [3.63, 3.8) is 0 Å². The lowest BCUT2D eigenvalue weighted by Crippen LogP contribution is -2.12. The molecule has 100 valence electrons. The molecule has 0 unspecified atom stereocenters. The van der Waals surface area contributed by atoms with E-state index in [1.807, 2.05) is 35.3 Å². The van der Waals surface area contributed by atoms with E-state index < -0.39 is 7.25 Å². The summed E-state index contributed by atoms with van der Waals surface area (Å²) in [7, 11) is -6.00. The van der Waals surface area contributed by atoms with Crippen LogP contribution in [-0.2, 0) is 0 Å². The first-order valence-corrected chi connectivity index (χ1v) is 5.45. The molecule has 0 fully saturated rings. The molecule has 0 aliphatic heterocycles. The van der Waals surface area contributed by atoms with Gasteiger partial charge in [0.2, 0.25) is 0 Å². The molecule has 0 radical (unpaired) electrons. The molecule has 1 aromatic rings. The van der Waals surface area contributed by atoms with Gasteiger partial charge in [-0.25, -0.2) is 0 Å². The second kappa shape index (κ2) is 8.34. The zero-order valence-electron chi connectivity index (χ0n) is 10.2. The molecule has 0 N–H and O–H groups in total. The maximum absolute atomic E-state index is 9.75. The van der Waals surface area contributed by atoms with Crippen molar-refractivity contribution in [3.05, 3.63) is 40.4 Å². The third-order valence-corrected chi connectivity index (χ3v) is 1.77. The van der Waals surface area contributed by atoms with Gasteiger partial charge in [-0.1, -0.05) is 18.2 Å². The third-order valence-electron chi connectivity index (χ3n) is 1.77. The molecule has 0 aliphatic carbocycles. The van der Waals surface area contributed by atoms with Crippen LogP contribution in [0, 0.1) is 0 Å². The Morgan fingerprint density at radius 1 is 1.00 bits per heavy atom. The fourth-order valence-electron chi connectivity index (χ4n) is 0.960. The second-order valence-electron chi connectivity index (χ2n) is 3.16. The lowest BCUT2D eigenvalue weighted by Gasteiger charge is -1.94. The molecule has 0 atom stereocenters. The van der Waals surface area contributed by atoms with Gasteiger partial charge in [0.05, 0.1) is 5.01 Å². The van der Waals surface area contributed by atoms with Crippen molar-refractivity contribution in [2.45, 2.75) is 13.8 Å². The van der Waals surface area contributed by atoms with Crippen molar-refractivity contribution in [2.75, 3.05) is 13.1 Å². The average Bonchev–Trinajstić information content (AvgIpc) is 2.29. The second-order valence-corrected chi connectivity index (χ2v) is 3.16. The highest BCUT2D eigenvalue weighted by molar-refractivity contribution is 6.50. The first-order valence-electron chi connectivity index (χ1n) is 5.45. The fraction of sp³-hybridized carbons (Fsp3) is 0.400. The predicted molar refractivity (Wildman–Crippen MR) is 65.9 cm³/mol. The smallest absolute Gasteiger partial charge is 0.418 e. The number of halogens is 4. The zero-order chi connectivity index (χ0) is 14.0. The van der Waals surface area contributed by atoms with E-state index in [4.69, 9.17) is 0 Å². The Morgan fingerprint density at radius 3 is 1.83 bits per heavy atom. The Morgan fingerprint density at radius 2 is 1.44 bits per heavy atom. The summed E-state index contributed by atoms with van der Waals surface area (Å²) in [6, 6.07) is 9.75. The van der Waals surface area contributed by atoms with E-state index in [0.29, 0.717) is 0 Å². The van der Waals surface area contributed by atoms with Crippen molar-refractivity contribution in [2.24, 2.45) is 0 Å². The van der Waals surface area contributed by atoms with Gasteiger partial charge >= 0.3 is 18.0 Å². The summed E-state index contributed by atoms with van der Waals surface area (Å²) in [6.45, 7) is 5.92. The number of hydrogen-bond acceptors (Lipinski definition) is 1. The van der Waals surface area contributed by atoms with E-state index >= 15 is 0 Å². The van der Waals surface area contributed by atoms with E-state index in [-0.39, 0.29) is 0 Å². The molecule has 0 saturated carbocycles. The maximum Gasteiger partial charge on any atom is 0.673 e. The van der Waals surface area contributed by atoms with Crippen LogP contribution in [0.1, 0.15) is 13.8 Å². The van der Waals surface area contributed by atoms with Gasteiger partial charge in [-0.2, -0.15) is 0 Å². The van der Waals surface area contributed by atoms with Crippen molar-refractivity contribution in [1.82, 2.24) is 5.01 Å². The lowest BCUT2D eigenvalue weighted by molar-refractivity contribution is 0.368. The molecule has 0 heterocycles. The number of diazo groups is 1. The van der Waals surface area contributed by atoms with Crippen LogP contribution in [0.4, 0.5) is 23.0 Å². The Balaban J connectivity index is 0.000000494. The highest BCUT2D eigenvalue weighted by Gasteiger charge is 2.20. The van der Waals surface area contributed by atoms with Crippen molar-refractivity contribution < 1.29 is 17.3 Å². The summed E-state index contributed by atoms with van der Waals surface area (Å²) in [5.41, 5.74) is 0.898. The van der Waals surface area contributed by atoms with Gasteiger partial charge < -0.3 is 17.3 Å². The average molecular weight is 264 g/mol. The van der Waals surface area contributed by atoms with Crippen LogP contribution in [0.15, 0.2) is 30.3 Å². The molecule has 0 amide bonds. The van der Waals surface area contributed by atoms with Crippen LogP contribution in [0.2, 0.25) is 0 Å². The highest BCUT2D eigenvalue weighted by atomic mass is 19.5. The zero-order valence-corrected chi connectivity index (χ0v) is 10.2. The van der Waals surface area contributed by atoms with Crippen molar-refractivity contribution in [1.29, 1.82) is 0 Å². The van der Waals surface area contributed by atoms with E-state index in [9.17, 15) is 17.3 Å². The first kappa shape index (κ1) is 16.2. The first-order chi connectivity index (χ1) is 8.36. The monoisotopic (exact) mass is 264 g/mol. The van der Waals surface area contributed by atoms with E-state index in [2.05, 4.69) is 23.9 Å². The van der Waals surface area contributed by atoms with Crippen LogP contribution in [-0.4, -0.2) is 25.4 Å². The molecule has 1 aromatic carbocycles. The number of hydrogen-bond donors (Lipinski definition) is 0. The highest BCUT2D eigenvalue weighted by Crippen LogP contribution is 2.10. The minimum Gasteiger partial charge on any atom is -0.418 e. The van der Waals surface area contributed by atoms with Gasteiger partial charge in [0, 0.05) is 12.1 Å². The van der Waals surface area contributed by atoms with Crippen molar-refractivity contribution in [3.8, 4) is 0 Å². The topological polar surface area (TPSA) is 12.0 Å². The Labute approximate surface area is 103 Å². The van der Waals surface area contributed by atoms with Crippen LogP contribution in [0.3, 0.4) is 0 Å². The minimum absolute atomic E-state index is 0.896. The molecule has 18 heavy (non-hydrogen) atoms. The summed E-state index contributed by atoms with van der Waals surface area (Å²) >= 11 is 0. The quantitative estimate of drug-likeness (QED) is 0.330. The third kappa shape index (κ3) is 10.7. The van der Waals surface area contributed by atoms with Gasteiger partial charge in [0.1, 0.15) is 0 Å². The van der Waals surface area contributed by atoms with Gasteiger partial charge in [0.25, 0.3) is 0 Å². The van der Waals surface area contributed by atoms with Gasteiger partial charge in [0.15, 0.2) is 18.1 Å². The number of benzene rings is 1. The van der Waals surface area contributed by atoms with Crippen LogP contribution in [0.5, 0.6) is 0 Å². The summed E-state index contributed by atoms with van der Waals surface area (Å²) in [5.74, 6) is 0. The van der Waals surface area contributed by atoms with Gasteiger partial charge in [-0.3, -0.25) is 0 Å². The number of nitrogens with zero attached hydrogens (tertiary/aromatic N) is 3. The molecule has 3 nitrogen and oxygen atoms in total.